The van der Waals surface area contributed by atoms with Gasteiger partial charge in [-0.25, -0.2) is 0 Å². The third-order valence-corrected chi connectivity index (χ3v) is 3.12. The van der Waals surface area contributed by atoms with Gasteiger partial charge < -0.3 is 14.8 Å². The maximum absolute atomic E-state index is 9.30. The molecular weight excluding hydrogens is 266 g/mol. The van der Waals surface area contributed by atoms with Gasteiger partial charge in [0.2, 0.25) is 0 Å². The molecule has 5 heteroatoms. The summed E-state index contributed by atoms with van der Waals surface area (Å²) in [5.74, 6) is 1.35. The van der Waals surface area contributed by atoms with E-state index in [1.165, 1.54) is 0 Å². The van der Waals surface area contributed by atoms with Gasteiger partial charge in [-0.05, 0) is 32.0 Å². The average Bonchev–Trinajstić information content (AvgIpc) is 2.47. The van der Waals surface area contributed by atoms with Gasteiger partial charge in [0.1, 0.15) is 17.6 Å². The highest BCUT2D eigenvalue weighted by Crippen LogP contribution is 2.33. The second-order valence-corrected chi connectivity index (χ2v) is 4.57. The molecule has 0 saturated heterocycles. The molecule has 2 rings (SSSR count). The van der Waals surface area contributed by atoms with E-state index in [0.29, 0.717) is 28.4 Å². The lowest BCUT2D eigenvalue weighted by Gasteiger charge is -2.14. The van der Waals surface area contributed by atoms with E-state index in [1.807, 2.05) is 32.0 Å². The van der Waals surface area contributed by atoms with E-state index < -0.39 is 0 Å². The Morgan fingerprint density at radius 2 is 1.86 bits per heavy atom. The Morgan fingerprint density at radius 1 is 1.10 bits per heavy atom. The molecule has 108 valence electrons. The standard InChI is InChI=1S/C16H17N3O2/c1-10-7-15(13(9-17)11(2)18-10)19-14-6-5-12(20-3)8-16(14)21-4/h5-8H,1-4H3,(H,18,19). The molecule has 0 aliphatic rings. The van der Waals surface area contributed by atoms with Crippen molar-refractivity contribution in [2.24, 2.45) is 0 Å². The van der Waals surface area contributed by atoms with Crippen LogP contribution in [0.4, 0.5) is 11.4 Å². The summed E-state index contributed by atoms with van der Waals surface area (Å²) in [6.07, 6.45) is 0. The first-order valence-electron chi connectivity index (χ1n) is 6.46. The van der Waals surface area contributed by atoms with Crippen molar-refractivity contribution in [3.63, 3.8) is 0 Å². The summed E-state index contributed by atoms with van der Waals surface area (Å²) in [4.78, 5) is 4.30. The van der Waals surface area contributed by atoms with E-state index in [0.717, 1.165) is 11.4 Å². The molecule has 1 aromatic carbocycles. The lowest BCUT2D eigenvalue weighted by atomic mass is 10.1. The molecule has 0 atom stereocenters. The smallest absolute Gasteiger partial charge is 0.145 e. The molecule has 5 nitrogen and oxygen atoms in total. The summed E-state index contributed by atoms with van der Waals surface area (Å²) >= 11 is 0. The van der Waals surface area contributed by atoms with E-state index >= 15 is 0 Å². The van der Waals surface area contributed by atoms with Crippen LogP contribution in [-0.4, -0.2) is 19.2 Å². The molecule has 0 radical (unpaired) electrons. The van der Waals surface area contributed by atoms with Crippen molar-refractivity contribution in [3.05, 3.63) is 41.2 Å². The number of anilines is 2. The molecule has 1 aromatic heterocycles. The fraction of sp³-hybridized carbons (Fsp3) is 0.250. The van der Waals surface area contributed by atoms with Crippen LogP contribution in [0.1, 0.15) is 17.0 Å². The van der Waals surface area contributed by atoms with Crippen LogP contribution in [0.15, 0.2) is 24.3 Å². The van der Waals surface area contributed by atoms with Gasteiger partial charge >= 0.3 is 0 Å². The molecule has 0 fully saturated rings. The van der Waals surface area contributed by atoms with Crippen molar-refractivity contribution in [2.45, 2.75) is 13.8 Å². The van der Waals surface area contributed by atoms with Crippen LogP contribution in [0.5, 0.6) is 11.5 Å². The Balaban J connectivity index is 2.45. The number of nitriles is 1. The highest BCUT2D eigenvalue weighted by Gasteiger charge is 2.11. The van der Waals surface area contributed by atoms with E-state index in [9.17, 15) is 5.26 Å². The summed E-state index contributed by atoms with van der Waals surface area (Å²) in [5.41, 5.74) is 3.55. The van der Waals surface area contributed by atoms with Crippen LogP contribution in [0.25, 0.3) is 0 Å². The summed E-state index contributed by atoms with van der Waals surface area (Å²) < 4.78 is 10.5. The molecule has 0 unspecified atom stereocenters. The lowest BCUT2D eigenvalue weighted by molar-refractivity contribution is 0.395. The Hall–Kier alpha value is -2.74. The predicted octanol–water partition coefficient (Wildman–Crippen LogP) is 3.33. The molecule has 2 aromatic rings. The van der Waals surface area contributed by atoms with Crippen LogP contribution in [0, 0.1) is 25.2 Å². The molecule has 0 bridgehead atoms. The zero-order valence-electron chi connectivity index (χ0n) is 12.5. The Bertz CT molecular complexity index is 705. The first-order chi connectivity index (χ1) is 10.1. The van der Waals surface area contributed by atoms with Gasteiger partial charge in [-0.15, -0.1) is 0 Å². The Morgan fingerprint density at radius 3 is 2.48 bits per heavy atom. The molecule has 0 amide bonds. The highest BCUT2D eigenvalue weighted by atomic mass is 16.5. The highest BCUT2D eigenvalue weighted by molar-refractivity contribution is 5.72. The summed E-state index contributed by atoms with van der Waals surface area (Å²) in [5, 5.41) is 12.5. The zero-order valence-corrected chi connectivity index (χ0v) is 12.5. The van der Waals surface area contributed by atoms with Crippen LogP contribution in [-0.2, 0) is 0 Å². The van der Waals surface area contributed by atoms with Gasteiger partial charge in [-0.2, -0.15) is 5.26 Å². The van der Waals surface area contributed by atoms with E-state index in [1.54, 1.807) is 20.3 Å². The molecular formula is C16H17N3O2. The van der Waals surface area contributed by atoms with Crippen molar-refractivity contribution < 1.29 is 9.47 Å². The molecule has 0 aliphatic carbocycles. The molecule has 1 heterocycles. The Labute approximate surface area is 124 Å². The third kappa shape index (κ3) is 3.06. The number of aromatic nitrogens is 1. The quantitative estimate of drug-likeness (QED) is 0.932. The third-order valence-electron chi connectivity index (χ3n) is 3.12. The van der Waals surface area contributed by atoms with Crippen LogP contribution < -0.4 is 14.8 Å². The monoisotopic (exact) mass is 283 g/mol. The Kier molecular flexibility index (Phi) is 4.29. The number of ether oxygens (including phenoxy) is 2. The van der Waals surface area contributed by atoms with Crippen molar-refractivity contribution in [1.29, 1.82) is 5.26 Å². The van der Waals surface area contributed by atoms with Gasteiger partial charge in [0.25, 0.3) is 0 Å². The number of nitrogens with one attached hydrogen (secondary N) is 1. The van der Waals surface area contributed by atoms with E-state index in [-0.39, 0.29) is 0 Å². The molecule has 0 aliphatic heterocycles. The van der Waals surface area contributed by atoms with Gasteiger partial charge in [-0.3, -0.25) is 4.98 Å². The zero-order chi connectivity index (χ0) is 15.4. The number of pyridine rings is 1. The first-order valence-corrected chi connectivity index (χ1v) is 6.46. The molecule has 0 spiro atoms. The summed E-state index contributed by atoms with van der Waals surface area (Å²) in [6, 6.07) is 9.49. The van der Waals surface area contributed by atoms with Gasteiger partial charge in [-0.1, -0.05) is 0 Å². The van der Waals surface area contributed by atoms with Gasteiger partial charge in [0.15, 0.2) is 0 Å². The van der Waals surface area contributed by atoms with Crippen molar-refractivity contribution >= 4 is 11.4 Å². The number of benzene rings is 1. The SMILES string of the molecule is COc1ccc(Nc2cc(C)nc(C)c2C#N)c(OC)c1. The van der Waals surface area contributed by atoms with Crippen LogP contribution in [0.2, 0.25) is 0 Å². The van der Waals surface area contributed by atoms with Gasteiger partial charge in [0, 0.05) is 11.8 Å². The summed E-state index contributed by atoms with van der Waals surface area (Å²) in [7, 11) is 3.19. The fourth-order valence-electron chi connectivity index (χ4n) is 2.12. The second kappa shape index (κ2) is 6.14. The minimum atomic E-state index is 0.526. The fourth-order valence-corrected chi connectivity index (χ4v) is 2.12. The maximum Gasteiger partial charge on any atom is 0.145 e. The van der Waals surface area contributed by atoms with Crippen molar-refractivity contribution in [3.8, 4) is 17.6 Å². The normalized spacial score (nSPS) is 9.86. The lowest BCUT2D eigenvalue weighted by Crippen LogP contribution is -2.01. The first kappa shape index (κ1) is 14.7. The van der Waals surface area contributed by atoms with E-state index in [2.05, 4.69) is 16.4 Å². The number of rotatable bonds is 4. The minimum absolute atomic E-state index is 0.526. The number of methoxy groups -OCH3 is 2. The number of hydrogen-bond donors (Lipinski definition) is 1. The number of aryl methyl sites for hydroxylation is 2. The van der Waals surface area contributed by atoms with Crippen LogP contribution in [0.3, 0.4) is 0 Å². The number of hydrogen-bond acceptors (Lipinski definition) is 5. The molecule has 1 N–H and O–H groups in total. The largest absolute Gasteiger partial charge is 0.497 e. The maximum atomic E-state index is 9.30. The predicted molar refractivity (Wildman–Crippen MR) is 81.3 cm³/mol. The minimum Gasteiger partial charge on any atom is -0.497 e. The van der Waals surface area contributed by atoms with Crippen molar-refractivity contribution in [2.75, 3.05) is 19.5 Å². The van der Waals surface area contributed by atoms with Crippen molar-refractivity contribution in [1.82, 2.24) is 4.98 Å². The van der Waals surface area contributed by atoms with Crippen LogP contribution >= 0.6 is 0 Å². The van der Waals surface area contributed by atoms with E-state index in [4.69, 9.17) is 9.47 Å². The number of nitrogens with zero attached hydrogens (tertiary/aromatic N) is 2. The second-order valence-electron chi connectivity index (χ2n) is 4.57. The molecule has 21 heavy (non-hydrogen) atoms. The topological polar surface area (TPSA) is 67.2 Å². The average molecular weight is 283 g/mol. The van der Waals surface area contributed by atoms with Gasteiger partial charge in [0.05, 0.1) is 36.9 Å². The summed E-state index contributed by atoms with van der Waals surface area (Å²) in [6.45, 7) is 3.71. The molecule has 0 saturated carbocycles.